The molecule has 2 N–H and O–H groups in total. The lowest BCUT2D eigenvalue weighted by atomic mass is 9.90. The van der Waals surface area contributed by atoms with E-state index in [1.807, 2.05) is 0 Å². The third-order valence-electron chi connectivity index (χ3n) is 3.39. The molecule has 92 valence electrons. The fourth-order valence-corrected chi connectivity index (χ4v) is 2.94. The SMILES string of the molecule is NC1(Cc2ccc([N+](=O)[O-])cc2Br)CCCC1. The van der Waals surface area contributed by atoms with Crippen LogP contribution in [-0.4, -0.2) is 10.5 Å². The second kappa shape index (κ2) is 4.74. The fraction of sp³-hybridized carbons (Fsp3) is 0.500. The summed E-state index contributed by atoms with van der Waals surface area (Å²) in [5.74, 6) is 0. The molecular weight excluding hydrogens is 284 g/mol. The quantitative estimate of drug-likeness (QED) is 0.688. The van der Waals surface area contributed by atoms with Gasteiger partial charge in [0.05, 0.1) is 4.92 Å². The van der Waals surface area contributed by atoms with Gasteiger partial charge >= 0.3 is 0 Å². The summed E-state index contributed by atoms with van der Waals surface area (Å²) in [6.07, 6.45) is 5.22. The van der Waals surface area contributed by atoms with Gasteiger partial charge in [-0.25, -0.2) is 0 Å². The number of nitrogens with zero attached hydrogens (tertiary/aromatic N) is 1. The molecule has 0 spiro atoms. The molecule has 0 aliphatic heterocycles. The van der Waals surface area contributed by atoms with Crippen molar-refractivity contribution in [3.63, 3.8) is 0 Å². The van der Waals surface area contributed by atoms with Gasteiger partial charge in [-0.1, -0.05) is 34.8 Å². The van der Waals surface area contributed by atoms with Crippen LogP contribution in [0.25, 0.3) is 0 Å². The zero-order valence-electron chi connectivity index (χ0n) is 9.49. The molecule has 0 aromatic heterocycles. The van der Waals surface area contributed by atoms with E-state index in [0.717, 1.165) is 29.3 Å². The van der Waals surface area contributed by atoms with Crippen LogP contribution in [0.3, 0.4) is 0 Å². The van der Waals surface area contributed by atoms with Gasteiger partial charge in [0.2, 0.25) is 0 Å². The molecule has 0 saturated heterocycles. The summed E-state index contributed by atoms with van der Waals surface area (Å²) < 4.78 is 0.781. The van der Waals surface area contributed by atoms with Crippen molar-refractivity contribution in [2.75, 3.05) is 0 Å². The highest BCUT2D eigenvalue weighted by atomic mass is 79.9. The van der Waals surface area contributed by atoms with E-state index in [1.54, 1.807) is 18.2 Å². The number of benzene rings is 1. The van der Waals surface area contributed by atoms with Crippen molar-refractivity contribution in [2.45, 2.75) is 37.6 Å². The Labute approximate surface area is 108 Å². The van der Waals surface area contributed by atoms with E-state index in [-0.39, 0.29) is 16.1 Å². The van der Waals surface area contributed by atoms with Crippen LogP contribution in [0.15, 0.2) is 22.7 Å². The van der Waals surface area contributed by atoms with Gasteiger partial charge in [0.1, 0.15) is 0 Å². The van der Waals surface area contributed by atoms with Gasteiger partial charge in [-0.2, -0.15) is 0 Å². The summed E-state index contributed by atoms with van der Waals surface area (Å²) in [4.78, 5) is 10.2. The minimum Gasteiger partial charge on any atom is -0.325 e. The Morgan fingerprint density at radius 2 is 2.06 bits per heavy atom. The number of non-ortho nitro benzene ring substituents is 1. The molecule has 1 aromatic rings. The van der Waals surface area contributed by atoms with E-state index in [1.165, 1.54) is 12.8 Å². The summed E-state index contributed by atoms with van der Waals surface area (Å²) in [6.45, 7) is 0. The predicted molar refractivity (Wildman–Crippen MR) is 69.9 cm³/mol. The zero-order valence-corrected chi connectivity index (χ0v) is 11.1. The first-order chi connectivity index (χ1) is 8.00. The molecular formula is C12H15BrN2O2. The normalized spacial score (nSPS) is 18.2. The highest BCUT2D eigenvalue weighted by molar-refractivity contribution is 9.10. The molecule has 1 aliphatic carbocycles. The Morgan fingerprint density at radius 3 is 2.59 bits per heavy atom. The van der Waals surface area contributed by atoms with Crippen LogP contribution in [0.1, 0.15) is 31.2 Å². The van der Waals surface area contributed by atoms with Gasteiger partial charge in [0.15, 0.2) is 0 Å². The Morgan fingerprint density at radius 1 is 1.41 bits per heavy atom. The molecule has 1 fully saturated rings. The summed E-state index contributed by atoms with van der Waals surface area (Å²) in [5.41, 5.74) is 7.34. The van der Waals surface area contributed by atoms with Crippen LogP contribution in [-0.2, 0) is 6.42 Å². The van der Waals surface area contributed by atoms with Crippen molar-refractivity contribution >= 4 is 21.6 Å². The van der Waals surface area contributed by atoms with Gasteiger partial charge in [0, 0.05) is 22.1 Å². The minimum atomic E-state index is -0.387. The first-order valence-electron chi connectivity index (χ1n) is 5.72. The smallest absolute Gasteiger partial charge is 0.270 e. The van der Waals surface area contributed by atoms with Crippen molar-refractivity contribution in [1.29, 1.82) is 0 Å². The Hall–Kier alpha value is -0.940. The van der Waals surface area contributed by atoms with Gasteiger partial charge in [0.25, 0.3) is 5.69 Å². The summed E-state index contributed by atoms with van der Waals surface area (Å²) in [7, 11) is 0. The first kappa shape index (κ1) is 12.5. The van der Waals surface area contributed by atoms with Crippen molar-refractivity contribution in [3.05, 3.63) is 38.3 Å². The lowest BCUT2D eigenvalue weighted by Crippen LogP contribution is -2.38. The summed E-state index contributed by atoms with van der Waals surface area (Å²) in [5, 5.41) is 10.6. The Kier molecular flexibility index (Phi) is 3.49. The number of rotatable bonds is 3. The lowest BCUT2D eigenvalue weighted by Gasteiger charge is -2.24. The third kappa shape index (κ3) is 2.84. The summed E-state index contributed by atoms with van der Waals surface area (Å²) >= 11 is 3.39. The van der Waals surface area contributed by atoms with Crippen molar-refractivity contribution in [2.24, 2.45) is 5.73 Å². The number of nitro groups is 1. The molecule has 0 bridgehead atoms. The average molecular weight is 299 g/mol. The van der Waals surface area contributed by atoms with Gasteiger partial charge < -0.3 is 5.73 Å². The fourth-order valence-electron chi connectivity index (χ4n) is 2.43. The van der Waals surface area contributed by atoms with E-state index in [4.69, 9.17) is 5.73 Å². The maximum atomic E-state index is 10.6. The molecule has 1 aromatic carbocycles. The van der Waals surface area contributed by atoms with Gasteiger partial charge in [-0.05, 0) is 24.8 Å². The number of nitro benzene ring substituents is 1. The summed E-state index contributed by atoms with van der Waals surface area (Å²) in [6, 6.07) is 4.89. The van der Waals surface area contributed by atoms with Crippen LogP contribution in [0.5, 0.6) is 0 Å². The number of hydrogen-bond acceptors (Lipinski definition) is 3. The van der Waals surface area contributed by atoms with Crippen molar-refractivity contribution in [3.8, 4) is 0 Å². The molecule has 0 atom stereocenters. The number of halogens is 1. The van der Waals surface area contributed by atoms with Crippen LogP contribution in [0, 0.1) is 10.1 Å². The zero-order chi connectivity index (χ0) is 12.5. The third-order valence-corrected chi connectivity index (χ3v) is 4.13. The Balaban J connectivity index is 2.19. The second-order valence-electron chi connectivity index (χ2n) is 4.78. The highest BCUT2D eigenvalue weighted by Gasteiger charge is 2.30. The molecule has 0 heterocycles. The van der Waals surface area contributed by atoms with Crippen LogP contribution < -0.4 is 5.73 Å². The average Bonchev–Trinajstić information content (AvgIpc) is 2.68. The second-order valence-corrected chi connectivity index (χ2v) is 5.63. The number of nitrogens with two attached hydrogens (primary N) is 1. The van der Waals surface area contributed by atoms with Crippen LogP contribution >= 0.6 is 15.9 Å². The molecule has 0 amide bonds. The number of hydrogen-bond donors (Lipinski definition) is 1. The molecule has 17 heavy (non-hydrogen) atoms. The van der Waals surface area contributed by atoms with E-state index in [2.05, 4.69) is 15.9 Å². The maximum Gasteiger partial charge on any atom is 0.270 e. The Bertz CT molecular complexity index is 442. The van der Waals surface area contributed by atoms with Crippen LogP contribution in [0.2, 0.25) is 0 Å². The topological polar surface area (TPSA) is 69.2 Å². The molecule has 2 rings (SSSR count). The van der Waals surface area contributed by atoms with Gasteiger partial charge in [-0.3, -0.25) is 10.1 Å². The predicted octanol–water partition coefficient (Wildman–Crippen LogP) is 3.17. The largest absolute Gasteiger partial charge is 0.325 e. The lowest BCUT2D eigenvalue weighted by molar-refractivity contribution is -0.384. The van der Waals surface area contributed by atoms with E-state index < -0.39 is 0 Å². The highest BCUT2D eigenvalue weighted by Crippen LogP contribution is 2.33. The first-order valence-corrected chi connectivity index (χ1v) is 6.51. The molecule has 1 aliphatic rings. The standard InChI is InChI=1S/C12H15BrN2O2/c13-11-7-10(15(16)17)4-3-9(11)8-12(14)5-1-2-6-12/h3-4,7H,1-2,5-6,8,14H2. The minimum absolute atomic E-state index is 0.109. The molecule has 4 nitrogen and oxygen atoms in total. The maximum absolute atomic E-state index is 10.6. The molecule has 1 saturated carbocycles. The van der Waals surface area contributed by atoms with Crippen molar-refractivity contribution < 1.29 is 4.92 Å². The van der Waals surface area contributed by atoms with E-state index >= 15 is 0 Å². The van der Waals surface area contributed by atoms with Gasteiger partial charge in [-0.15, -0.1) is 0 Å². The van der Waals surface area contributed by atoms with Crippen LogP contribution in [0.4, 0.5) is 5.69 Å². The van der Waals surface area contributed by atoms with Crippen molar-refractivity contribution in [1.82, 2.24) is 0 Å². The molecule has 0 radical (unpaired) electrons. The van der Waals surface area contributed by atoms with E-state index in [9.17, 15) is 10.1 Å². The monoisotopic (exact) mass is 298 g/mol. The molecule has 0 unspecified atom stereocenters. The van der Waals surface area contributed by atoms with E-state index in [0.29, 0.717) is 0 Å². The molecule has 5 heteroatoms.